The van der Waals surface area contributed by atoms with E-state index in [-0.39, 0.29) is 5.41 Å². The largest absolute Gasteiger partial charge is 0.487 e. The SMILES string of the molecule is C=C/C=C\C1=C(C)OC2=C(C=CCC2)N1c1cccc(C(C)(C)c2cc(/C=C/C(C=C)=C/C=C(C)/C(/C=C\C)=C(/C=IN3C(=C)/C=C\C=C/COc4ccccc43)C3(C)c4ccccc4-c4ccccc43)ccc2C)c1. The lowest BCUT2D eigenvalue weighted by atomic mass is 9.72. The fraction of sp³-hybridized carbons (Fsp3) is 0.169. The van der Waals surface area contributed by atoms with Crippen molar-refractivity contribution in [3.8, 4) is 16.9 Å². The summed E-state index contributed by atoms with van der Waals surface area (Å²) in [5.74, 6) is 2.74. The fourth-order valence-electron chi connectivity index (χ4n) is 10.8. The van der Waals surface area contributed by atoms with E-state index in [4.69, 9.17) is 9.47 Å². The molecule has 0 aromatic heterocycles. The number of hydrogen-bond donors (Lipinski definition) is 0. The molecule has 0 saturated heterocycles. The summed E-state index contributed by atoms with van der Waals surface area (Å²) < 4.78 is 17.6. The minimum atomic E-state index is -0.846. The van der Waals surface area contributed by atoms with Crippen LogP contribution in [0.5, 0.6) is 5.75 Å². The van der Waals surface area contributed by atoms with Crippen molar-refractivity contribution < 1.29 is 9.47 Å². The topological polar surface area (TPSA) is 24.9 Å². The number of fused-ring (bicyclic) bond motifs is 4. The number of allylic oxidation sites excluding steroid dienone is 20. The molecule has 382 valence electrons. The van der Waals surface area contributed by atoms with Gasteiger partial charge in [0, 0.05) is 49.6 Å². The fourth-order valence-corrected chi connectivity index (χ4v) is 13.5. The third-order valence-corrected chi connectivity index (χ3v) is 17.5. The molecular weight excluding hydrogens is 1040 g/mol. The first-order chi connectivity index (χ1) is 36.9. The van der Waals surface area contributed by atoms with Crippen LogP contribution in [0.2, 0.25) is 0 Å². The van der Waals surface area contributed by atoms with Gasteiger partial charge < -0.3 is 14.4 Å². The van der Waals surface area contributed by atoms with E-state index in [0.717, 1.165) is 75.3 Å². The van der Waals surface area contributed by atoms with Crippen LogP contribution in [0.4, 0.5) is 11.4 Å². The summed E-state index contributed by atoms with van der Waals surface area (Å²) in [6.45, 7) is 29.0. The second-order valence-corrected chi connectivity index (χ2v) is 22.3. The molecule has 0 unspecified atom stereocenters. The van der Waals surface area contributed by atoms with Gasteiger partial charge in [-0.25, -0.2) is 0 Å². The van der Waals surface area contributed by atoms with E-state index in [1.807, 2.05) is 43.4 Å². The van der Waals surface area contributed by atoms with Crippen molar-refractivity contribution in [2.45, 2.75) is 72.1 Å². The third-order valence-electron chi connectivity index (χ3n) is 14.9. The molecule has 2 heterocycles. The molecule has 0 fully saturated rings. The molecule has 0 N–H and O–H groups in total. The van der Waals surface area contributed by atoms with Crippen LogP contribution in [0.25, 0.3) is 17.2 Å². The summed E-state index contributed by atoms with van der Waals surface area (Å²) in [6, 6.07) is 41.9. The second kappa shape index (κ2) is 23.4. The summed E-state index contributed by atoms with van der Waals surface area (Å²) in [7, 11) is 0. The van der Waals surface area contributed by atoms with Gasteiger partial charge >= 0.3 is 0 Å². The highest BCUT2D eigenvalue weighted by atomic mass is 127. The lowest BCUT2D eigenvalue weighted by Crippen LogP contribution is -2.29. The molecule has 2 aliphatic heterocycles. The molecule has 0 atom stereocenters. The quantitative estimate of drug-likeness (QED) is 0.0629. The predicted molar refractivity (Wildman–Crippen MR) is 334 cm³/mol. The smallest absolute Gasteiger partial charge is 0.144 e. The van der Waals surface area contributed by atoms with Gasteiger partial charge in [-0.2, -0.15) is 0 Å². The van der Waals surface area contributed by atoms with E-state index in [0.29, 0.717) is 6.61 Å². The van der Waals surface area contributed by atoms with Gasteiger partial charge in [0.2, 0.25) is 0 Å². The average molecular weight is 1110 g/mol. The highest BCUT2D eigenvalue weighted by Crippen LogP contribution is 2.54. The summed E-state index contributed by atoms with van der Waals surface area (Å²) >= 11 is -0.846. The van der Waals surface area contributed by atoms with E-state index in [1.54, 1.807) is 0 Å². The van der Waals surface area contributed by atoms with Crippen molar-refractivity contribution in [1.82, 2.24) is 0 Å². The van der Waals surface area contributed by atoms with Gasteiger partial charge in [-0.3, -0.25) is 3.11 Å². The van der Waals surface area contributed by atoms with Crippen LogP contribution in [0.3, 0.4) is 0 Å². The van der Waals surface area contributed by atoms with Crippen LogP contribution in [-0.2, 0) is 15.6 Å². The Hall–Kier alpha value is -7.74. The molecule has 76 heavy (non-hydrogen) atoms. The minimum absolute atomic E-state index is 0.310. The van der Waals surface area contributed by atoms with Gasteiger partial charge in [0.05, 0.1) is 17.1 Å². The number of hydrogen-bond acceptors (Lipinski definition) is 4. The third kappa shape index (κ3) is 10.7. The molecule has 0 bridgehead atoms. The van der Waals surface area contributed by atoms with Crippen LogP contribution >= 0.6 is 21.0 Å². The Kier molecular flexibility index (Phi) is 16.4. The van der Waals surface area contributed by atoms with Gasteiger partial charge in [-0.05, 0) is 160 Å². The predicted octanol–water partition coefficient (Wildman–Crippen LogP) is 18.8. The van der Waals surface area contributed by atoms with Crippen LogP contribution in [0.15, 0.2) is 277 Å². The number of benzene rings is 5. The molecule has 5 aromatic carbocycles. The second-order valence-electron chi connectivity index (χ2n) is 20.1. The number of anilines is 2. The molecule has 4 aliphatic rings. The van der Waals surface area contributed by atoms with Crippen LogP contribution in [0, 0.1) is 6.92 Å². The molecule has 0 spiro atoms. The van der Waals surface area contributed by atoms with Crippen LogP contribution < -0.4 is 12.8 Å². The van der Waals surface area contributed by atoms with Crippen molar-refractivity contribution >= 4 is 42.5 Å². The maximum Gasteiger partial charge on any atom is 0.144 e. The molecule has 9 rings (SSSR count). The number of aryl methyl sites for hydroxylation is 1. The van der Waals surface area contributed by atoms with Crippen LogP contribution in [0.1, 0.15) is 87.8 Å². The van der Waals surface area contributed by atoms with Gasteiger partial charge in [0.25, 0.3) is 0 Å². The Morgan fingerprint density at radius 1 is 0.803 bits per heavy atom. The molecule has 5 heteroatoms. The van der Waals surface area contributed by atoms with Crippen molar-refractivity contribution in [3.05, 3.63) is 310 Å². The standard InChI is InChI=1S/C71H69IN2O2/c1-11-14-35-65-53(7)76-69-39-24-21-36-66(69)73(65)57-30-26-29-56(48-57)70(8,9)63-47-55(43-41-51(63)5)45-44-54(13-3)42-40-50(4)58(27-12-2)64(71(10)61-33-19-17-31-59(61)60-32-18-20-34-62(60)71)49-72-74-52(6)28-16-15-25-46-75-68-38-23-22-37-67(68)74/h11-23,25-38,40-45,47-49H,1,3,6,24,39,46H2,2,4-5,7-10H3/b25-15-,27-12-,28-16-,35-14-,45-44+,50-40+,54-42+,64-58-. The minimum Gasteiger partial charge on any atom is -0.487 e. The number of para-hydroxylation sites is 2. The lowest BCUT2D eigenvalue weighted by molar-refractivity contribution is 0.274. The van der Waals surface area contributed by atoms with E-state index < -0.39 is 26.4 Å². The zero-order valence-corrected chi connectivity index (χ0v) is 47.3. The number of halogens is 1. The molecule has 5 aromatic rings. The van der Waals surface area contributed by atoms with Gasteiger partial charge in [0.1, 0.15) is 23.9 Å². The maximum atomic E-state index is 6.39. The Balaban J connectivity index is 1.09. The summed E-state index contributed by atoms with van der Waals surface area (Å²) in [4.78, 5) is 2.33. The summed E-state index contributed by atoms with van der Waals surface area (Å²) in [6.07, 6.45) is 35.6. The summed E-state index contributed by atoms with van der Waals surface area (Å²) in [5.41, 5.74) is 19.0. The molecule has 4 nitrogen and oxygen atoms in total. The van der Waals surface area contributed by atoms with E-state index in [1.165, 1.54) is 50.1 Å². The van der Waals surface area contributed by atoms with Crippen molar-refractivity contribution in [3.63, 3.8) is 0 Å². The first kappa shape index (κ1) is 53.1. The molecular formula is C71H69IN2O2. The number of nitrogens with zero attached hydrogens (tertiary/aromatic N) is 2. The Labute approximate surface area is 463 Å². The summed E-state index contributed by atoms with van der Waals surface area (Å²) in [5, 5.41) is 0. The molecule has 0 radical (unpaired) electrons. The Morgan fingerprint density at radius 3 is 2.30 bits per heavy atom. The van der Waals surface area contributed by atoms with Crippen LogP contribution in [-0.4, -0.2) is 10.6 Å². The van der Waals surface area contributed by atoms with Gasteiger partial charge in [-0.15, -0.1) is 0 Å². The monoisotopic (exact) mass is 1110 g/mol. The van der Waals surface area contributed by atoms with Crippen molar-refractivity contribution in [2.24, 2.45) is 0 Å². The maximum absolute atomic E-state index is 6.39. The van der Waals surface area contributed by atoms with E-state index in [9.17, 15) is 0 Å². The van der Waals surface area contributed by atoms with E-state index in [2.05, 4.69) is 249 Å². The highest BCUT2D eigenvalue weighted by Gasteiger charge is 2.42. The van der Waals surface area contributed by atoms with Crippen molar-refractivity contribution in [2.75, 3.05) is 14.6 Å². The molecule has 0 saturated carbocycles. The first-order valence-electron chi connectivity index (χ1n) is 26.3. The highest BCUT2D eigenvalue weighted by molar-refractivity contribution is 14.2. The zero-order chi connectivity index (χ0) is 53.4. The Bertz CT molecular complexity index is 3450. The van der Waals surface area contributed by atoms with Gasteiger partial charge in [0.15, 0.2) is 0 Å². The number of rotatable bonds is 14. The molecule has 0 amide bonds. The van der Waals surface area contributed by atoms with Crippen molar-refractivity contribution in [1.29, 1.82) is 0 Å². The average Bonchev–Trinajstić information content (AvgIpc) is 3.75. The van der Waals surface area contributed by atoms with E-state index >= 15 is 0 Å². The zero-order valence-electron chi connectivity index (χ0n) is 45.1. The van der Waals surface area contributed by atoms with Gasteiger partial charge in [-0.1, -0.05) is 197 Å². The Morgan fingerprint density at radius 2 is 1.55 bits per heavy atom. The normalized spacial score (nSPS) is 18.0. The lowest BCUT2D eigenvalue weighted by Gasteiger charge is -2.36. The first-order valence-corrected chi connectivity index (χ1v) is 28.5. The number of ether oxygens (including phenoxy) is 2. The molecule has 2 aliphatic carbocycles.